The molecule has 0 N–H and O–H groups in total. The largest absolute Gasteiger partial charge is 0.465 e. The molecule has 0 aliphatic heterocycles. The first-order valence-corrected chi connectivity index (χ1v) is 16.5. The van der Waals surface area contributed by atoms with Crippen LogP contribution >= 0.6 is 0 Å². The molecule has 0 bridgehead atoms. The second-order valence-electron chi connectivity index (χ2n) is 12.3. The van der Waals surface area contributed by atoms with E-state index < -0.39 is 37.9 Å². The first-order valence-electron chi connectivity index (χ1n) is 14.4. The van der Waals surface area contributed by atoms with Gasteiger partial charge in [0.2, 0.25) is 14.4 Å². The topological polar surface area (TPSA) is 88.1 Å². The molecule has 0 spiro atoms. The van der Waals surface area contributed by atoms with Crippen LogP contribution < -0.4 is 0 Å². The van der Waals surface area contributed by atoms with Crippen LogP contribution in [0.25, 0.3) is 0 Å². The predicted molar refractivity (Wildman–Crippen MR) is 157 cm³/mol. The maximum Gasteiger partial charge on any atom is 0.352 e. The third-order valence-electron chi connectivity index (χ3n) is 7.13. The fourth-order valence-corrected chi connectivity index (χ4v) is 10.7. The summed E-state index contributed by atoms with van der Waals surface area (Å²) >= 11 is 0. The Hall–Kier alpha value is -2.19. The van der Waals surface area contributed by atoms with E-state index in [-0.39, 0.29) is 5.97 Å². The SMILES string of the molecule is CC(=O)O[C@H](C(=O)O[C@@H](CCCCCOC(=O)C(C)(C)C)CO[Si](C(C)C)(C(C)C)C(C)C)c1ccccc1. The van der Waals surface area contributed by atoms with Crippen LogP contribution in [-0.4, -0.2) is 45.5 Å². The second kappa shape index (κ2) is 16.2. The van der Waals surface area contributed by atoms with Gasteiger partial charge in [0.05, 0.1) is 18.6 Å². The number of ether oxygens (including phenoxy) is 3. The number of benzene rings is 1. The molecule has 0 amide bonds. The Balaban J connectivity index is 2.99. The Labute approximate surface area is 237 Å². The number of rotatable bonds is 16. The Morgan fingerprint density at radius 2 is 1.38 bits per heavy atom. The van der Waals surface area contributed by atoms with Crippen LogP contribution in [0.3, 0.4) is 0 Å². The number of esters is 3. The van der Waals surface area contributed by atoms with E-state index >= 15 is 0 Å². The van der Waals surface area contributed by atoms with Crippen LogP contribution in [0.4, 0.5) is 0 Å². The fourth-order valence-electron chi connectivity index (χ4n) is 5.22. The third kappa shape index (κ3) is 11.1. The van der Waals surface area contributed by atoms with Gasteiger partial charge < -0.3 is 18.6 Å². The highest BCUT2D eigenvalue weighted by Gasteiger charge is 2.45. The molecule has 8 heteroatoms. The van der Waals surface area contributed by atoms with Gasteiger partial charge in [-0.2, -0.15) is 0 Å². The van der Waals surface area contributed by atoms with E-state index in [0.29, 0.717) is 41.8 Å². The minimum atomic E-state index is -2.18. The van der Waals surface area contributed by atoms with Gasteiger partial charge in [-0.15, -0.1) is 0 Å². The number of carbonyl (C=O) groups excluding carboxylic acids is 3. The van der Waals surface area contributed by atoms with Crippen LogP contribution in [0.2, 0.25) is 16.6 Å². The van der Waals surface area contributed by atoms with E-state index in [1.165, 1.54) is 6.92 Å². The van der Waals surface area contributed by atoms with Crippen LogP contribution in [0.15, 0.2) is 30.3 Å². The molecule has 0 unspecified atom stereocenters. The van der Waals surface area contributed by atoms with Crippen molar-refractivity contribution < 1.29 is 33.0 Å². The van der Waals surface area contributed by atoms with Gasteiger partial charge in [0, 0.05) is 12.5 Å². The van der Waals surface area contributed by atoms with Crippen molar-refractivity contribution in [3.05, 3.63) is 35.9 Å². The molecule has 0 heterocycles. The zero-order valence-corrected chi connectivity index (χ0v) is 26.9. The Kier molecular flexibility index (Phi) is 14.4. The summed E-state index contributed by atoms with van der Waals surface area (Å²) in [6, 6.07) is 8.91. The molecular weight excluding hydrogens is 512 g/mol. The van der Waals surface area contributed by atoms with E-state index in [4.69, 9.17) is 18.6 Å². The fraction of sp³-hybridized carbons (Fsp3) is 0.710. The van der Waals surface area contributed by atoms with Gasteiger partial charge in [-0.05, 0) is 63.1 Å². The molecule has 0 saturated heterocycles. The van der Waals surface area contributed by atoms with Crippen molar-refractivity contribution in [1.82, 2.24) is 0 Å². The highest BCUT2D eigenvalue weighted by atomic mass is 28.4. The summed E-state index contributed by atoms with van der Waals surface area (Å²) in [6.07, 6.45) is 1.30. The second-order valence-corrected chi connectivity index (χ2v) is 17.8. The summed E-state index contributed by atoms with van der Waals surface area (Å²) in [5, 5.41) is 0. The molecule has 0 saturated carbocycles. The molecule has 7 nitrogen and oxygen atoms in total. The van der Waals surface area contributed by atoms with E-state index in [0.717, 1.165) is 19.3 Å². The van der Waals surface area contributed by atoms with Gasteiger partial charge in [-0.25, -0.2) is 4.79 Å². The smallest absolute Gasteiger partial charge is 0.352 e. The van der Waals surface area contributed by atoms with Gasteiger partial charge in [-0.3, -0.25) is 9.59 Å². The van der Waals surface area contributed by atoms with E-state index in [2.05, 4.69) is 41.5 Å². The molecule has 39 heavy (non-hydrogen) atoms. The lowest BCUT2D eigenvalue weighted by Gasteiger charge is -2.43. The monoisotopic (exact) mass is 564 g/mol. The van der Waals surface area contributed by atoms with Crippen LogP contribution in [0.5, 0.6) is 0 Å². The van der Waals surface area contributed by atoms with E-state index in [9.17, 15) is 14.4 Å². The predicted octanol–water partition coefficient (Wildman–Crippen LogP) is 7.54. The maximum atomic E-state index is 13.3. The zero-order valence-electron chi connectivity index (χ0n) is 25.9. The number of carbonyl (C=O) groups is 3. The van der Waals surface area contributed by atoms with Crippen molar-refractivity contribution in [2.75, 3.05) is 13.2 Å². The minimum absolute atomic E-state index is 0.211. The summed E-state index contributed by atoms with van der Waals surface area (Å²) in [5.74, 6) is -1.36. The molecule has 0 aliphatic carbocycles. The summed E-state index contributed by atoms with van der Waals surface area (Å²) in [5.41, 5.74) is 1.22. The van der Waals surface area contributed by atoms with Gasteiger partial charge in [0.15, 0.2) is 0 Å². The van der Waals surface area contributed by atoms with Gasteiger partial charge in [0.25, 0.3) is 0 Å². The Morgan fingerprint density at radius 1 is 0.821 bits per heavy atom. The van der Waals surface area contributed by atoms with Crippen molar-refractivity contribution in [2.45, 2.75) is 124 Å². The molecule has 2 atom stereocenters. The first-order chi connectivity index (χ1) is 18.1. The normalized spacial score (nSPS) is 13.9. The minimum Gasteiger partial charge on any atom is -0.465 e. The molecule has 1 rings (SSSR count). The average Bonchev–Trinajstić information content (AvgIpc) is 2.83. The summed E-state index contributed by atoms with van der Waals surface area (Å²) in [4.78, 5) is 37.1. The Morgan fingerprint density at radius 3 is 1.87 bits per heavy atom. The Bertz CT molecular complexity index is 868. The first kappa shape index (κ1) is 34.8. The molecule has 0 aromatic heterocycles. The van der Waals surface area contributed by atoms with Gasteiger partial charge in [-0.1, -0.05) is 71.9 Å². The van der Waals surface area contributed by atoms with Crippen molar-refractivity contribution in [2.24, 2.45) is 5.41 Å². The summed E-state index contributed by atoms with van der Waals surface area (Å²) < 4.78 is 23.5. The molecule has 0 aliphatic rings. The molecule has 0 radical (unpaired) electrons. The lowest BCUT2D eigenvalue weighted by molar-refractivity contribution is -0.172. The number of hydrogen-bond donors (Lipinski definition) is 0. The van der Waals surface area contributed by atoms with E-state index in [1.807, 2.05) is 26.8 Å². The highest BCUT2D eigenvalue weighted by Crippen LogP contribution is 2.42. The van der Waals surface area contributed by atoms with Crippen molar-refractivity contribution in [3.63, 3.8) is 0 Å². The van der Waals surface area contributed by atoms with Crippen LogP contribution in [0, 0.1) is 5.41 Å². The van der Waals surface area contributed by atoms with E-state index in [1.54, 1.807) is 24.3 Å². The molecule has 222 valence electrons. The summed E-state index contributed by atoms with van der Waals surface area (Å²) in [6.45, 7) is 20.8. The van der Waals surface area contributed by atoms with Crippen molar-refractivity contribution >= 4 is 26.2 Å². The highest BCUT2D eigenvalue weighted by molar-refractivity contribution is 6.77. The van der Waals surface area contributed by atoms with Gasteiger partial charge >= 0.3 is 17.9 Å². The quantitative estimate of drug-likeness (QED) is 0.0886. The molecular formula is C31H52O7Si. The standard InChI is InChI=1S/C31H52O7Si/c1-22(2)39(23(3)4,24(5)6)36-21-27(19-15-12-16-20-35-30(34)31(8,9)10)38-29(33)28(37-25(7)32)26-17-13-11-14-18-26/h11,13-14,17-18,22-24,27-28H,12,15-16,19-21H2,1-10H3/t27-,28-/m0/s1. The lowest BCUT2D eigenvalue weighted by Crippen LogP contribution is -2.49. The molecule has 0 fully saturated rings. The average molecular weight is 565 g/mol. The third-order valence-corrected chi connectivity index (χ3v) is 13.2. The molecule has 1 aromatic rings. The number of unbranched alkanes of at least 4 members (excludes halogenated alkanes) is 2. The maximum absolute atomic E-state index is 13.3. The van der Waals surface area contributed by atoms with Crippen LogP contribution in [0.1, 0.15) is 107 Å². The van der Waals surface area contributed by atoms with Gasteiger partial charge in [0.1, 0.15) is 6.10 Å². The zero-order chi connectivity index (χ0) is 29.8. The molecule has 1 aromatic carbocycles. The lowest BCUT2D eigenvalue weighted by atomic mass is 9.97. The summed E-state index contributed by atoms with van der Waals surface area (Å²) in [7, 11) is -2.18. The van der Waals surface area contributed by atoms with Crippen LogP contribution in [-0.2, 0) is 33.0 Å². The van der Waals surface area contributed by atoms with Crippen molar-refractivity contribution in [1.29, 1.82) is 0 Å². The van der Waals surface area contributed by atoms with Crippen molar-refractivity contribution in [3.8, 4) is 0 Å². The number of hydrogen-bond acceptors (Lipinski definition) is 7.